The van der Waals surface area contributed by atoms with Gasteiger partial charge in [-0.1, -0.05) is 15.9 Å². The molecular weight excluding hydrogens is 240 g/mol. The SMILES string of the molecule is CN1CC(C)(C#N)c2cc(Br)ccc21. The van der Waals surface area contributed by atoms with Crippen molar-refractivity contribution < 1.29 is 0 Å². The highest BCUT2D eigenvalue weighted by atomic mass is 79.9. The fourth-order valence-corrected chi connectivity index (χ4v) is 2.38. The summed E-state index contributed by atoms with van der Waals surface area (Å²) in [6.07, 6.45) is 0. The lowest BCUT2D eigenvalue weighted by molar-refractivity contribution is 0.648. The second kappa shape index (κ2) is 2.99. The average Bonchev–Trinajstić information content (AvgIpc) is 2.40. The van der Waals surface area contributed by atoms with Crippen molar-refractivity contribution in [1.29, 1.82) is 5.26 Å². The summed E-state index contributed by atoms with van der Waals surface area (Å²) < 4.78 is 1.04. The molecule has 0 amide bonds. The van der Waals surface area contributed by atoms with Gasteiger partial charge < -0.3 is 4.90 Å². The normalized spacial score (nSPS) is 24.6. The third-order valence-corrected chi connectivity index (χ3v) is 3.26. The van der Waals surface area contributed by atoms with Gasteiger partial charge in [0.1, 0.15) is 0 Å². The van der Waals surface area contributed by atoms with E-state index in [0.717, 1.165) is 22.3 Å². The molecule has 1 atom stereocenters. The van der Waals surface area contributed by atoms with Gasteiger partial charge in [-0.15, -0.1) is 0 Å². The number of benzene rings is 1. The van der Waals surface area contributed by atoms with Crippen molar-refractivity contribution in [2.24, 2.45) is 0 Å². The van der Waals surface area contributed by atoms with Gasteiger partial charge >= 0.3 is 0 Å². The Labute approximate surface area is 92.3 Å². The number of nitriles is 1. The van der Waals surface area contributed by atoms with Gasteiger partial charge in [0.15, 0.2) is 0 Å². The largest absolute Gasteiger partial charge is 0.372 e. The highest BCUT2D eigenvalue weighted by Gasteiger charge is 2.37. The van der Waals surface area contributed by atoms with Crippen molar-refractivity contribution >= 4 is 21.6 Å². The summed E-state index contributed by atoms with van der Waals surface area (Å²) in [6, 6.07) is 8.51. The summed E-state index contributed by atoms with van der Waals surface area (Å²) in [7, 11) is 2.02. The maximum Gasteiger partial charge on any atom is 0.0988 e. The molecule has 1 aromatic carbocycles. The molecule has 1 heterocycles. The molecule has 1 aliphatic rings. The molecule has 0 N–H and O–H groups in total. The Morgan fingerprint density at radius 2 is 2.29 bits per heavy atom. The Morgan fingerprint density at radius 1 is 1.57 bits per heavy atom. The fourth-order valence-electron chi connectivity index (χ4n) is 2.02. The average molecular weight is 251 g/mol. The van der Waals surface area contributed by atoms with E-state index in [1.165, 1.54) is 0 Å². The van der Waals surface area contributed by atoms with Crippen LogP contribution in [0.4, 0.5) is 5.69 Å². The Bertz CT molecular complexity index is 422. The molecule has 0 aliphatic carbocycles. The number of likely N-dealkylation sites (N-methyl/N-ethyl adjacent to an activating group) is 1. The Hall–Kier alpha value is -1.01. The molecule has 1 aliphatic heterocycles. The predicted molar refractivity (Wildman–Crippen MR) is 60.4 cm³/mol. The van der Waals surface area contributed by atoms with Crippen molar-refractivity contribution in [3.05, 3.63) is 28.2 Å². The fraction of sp³-hybridized carbons (Fsp3) is 0.364. The molecule has 14 heavy (non-hydrogen) atoms. The molecular formula is C11H11BrN2. The zero-order chi connectivity index (χ0) is 10.3. The van der Waals surface area contributed by atoms with Crippen LogP contribution < -0.4 is 4.90 Å². The van der Waals surface area contributed by atoms with E-state index in [9.17, 15) is 5.26 Å². The Morgan fingerprint density at radius 3 is 2.93 bits per heavy atom. The minimum absolute atomic E-state index is 0.367. The van der Waals surface area contributed by atoms with E-state index in [1.807, 2.05) is 26.1 Å². The van der Waals surface area contributed by atoms with Crippen LogP contribution in [0.25, 0.3) is 0 Å². The molecule has 0 saturated carbocycles. The van der Waals surface area contributed by atoms with Crippen molar-refractivity contribution in [2.45, 2.75) is 12.3 Å². The van der Waals surface area contributed by atoms with Gasteiger partial charge in [0, 0.05) is 23.8 Å². The smallest absolute Gasteiger partial charge is 0.0988 e. The summed E-state index contributed by atoms with van der Waals surface area (Å²) in [4.78, 5) is 2.13. The first-order valence-electron chi connectivity index (χ1n) is 4.49. The van der Waals surface area contributed by atoms with Gasteiger partial charge in [-0.25, -0.2) is 0 Å². The number of halogens is 1. The Balaban J connectivity index is 2.64. The standard InChI is InChI=1S/C11H11BrN2/c1-11(6-13)7-14(2)10-4-3-8(12)5-9(10)11/h3-5H,7H2,1-2H3. The summed E-state index contributed by atoms with van der Waals surface area (Å²) in [6.45, 7) is 2.76. The first-order chi connectivity index (χ1) is 6.57. The summed E-state index contributed by atoms with van der Waals surface area (Å²) in [5.41, 5.74) is 1.92. The van der Waals surface area contributed by atoms with E-state index in [-0.39, 0.29) is 5.41 Å². The highest BCUT2D eigenvalue weighted by molar-refractivity contribution is 9.10. The maximum atomic E-state index is 9.19. The number of anilines is 1. The van der Waals surface area contributed by atoms with E-state index in [0.29, 0.717) is 0 Å². The van der Waals surface area contributed by atoms with Gasteiger partial charge in [0.05, 0.1) is 11.5 Å². The van der Waals surface area contributed by atoms with Crippen LogP contribution in [0.3, 0.4) is 0 Å². The number of nitrogens with zero attached hydrogens (tertiary/aromatic N) is 2. The van der Waals surface area contributed by atoms with Crippen LogP contribution in [0, 0.1) is 11.3 Å². The zero-order valence-electron chi connectivity index (χ0n) is 8.21. The van der Waals surface area contributed by atoms with Crippen LogP contribution in [0.1, 0.15) is 12.5 Å². The molecule has 2 nitrogen and oxygen atoms in total. The monoisotopic (exact) mass is 250 g/mol. The van der Waals surface area contributed by atoms with E-state index in [4.69, 9.17) is 0 Å². The maximum absolute atomic E-state index is 9.19. The van der Waals surface area contributed by atoms with Crippen molar-refractivity contribution in [2.75, 3.05) is 18.5 Å². The van der Waals surface area contributed by atoms with Gasteiger partial charge in [-0.2, -0.15) is 5.26 Å². The number of hydrogen-bond acceptors (Lipinski definition) is 2. The zero-order valence-corrected chi connectivity index (χ0v) is 9.80. The lowest BCUT2D eigenvalue weighted by Gasteiger charge is -2.15. The van der Waals surface area contributed by atoms with Crippen LogP contribution in [0.5, 0.6) is 0 Å². The van der Waals surface area contributed by atoms with Crippen molar-refractivity contribution in [3.63, 3.8) is 0 Å². The molecule has 2 rings (SSSR count). The number of fused-ring (bicyclic) bond motifs is 1. The van der Waals surface area contributed by atoms with Gasteiger partial charge in [-0.3, -0.25) is 0 Å². The van der Waals surface area contributed by atoms with Crippen LogP contribution in [0.15, 0.2) is 22.7 Å². The molecule has 72 valence electrons. The molecule has 0 fully saturated rings. The van der Waals surface area contributed by atoms with Crippen LogP contribution in [0.2, 0.25) is 0 Å². The molecule has 0 saturated heterocycles. The number of rotatable bonds is 0. The minimum Gasteiger partial charge on any atom is -0.372 e. The second-order valence-electron chi connectivity index (χ2n) is 3.96. The van der Waals surface area contributed by atoms with E-state index in [2.05, 4.69) is 33.0 Å². The molecule has 0 spiro atoms. The molecule has 1 unspecified atom stereocenters. The summed E-state index contributed by atoms with van der Waals surface area (Å²) >= 11 is 3.44. The minimum atomic E-state index is -0.367. The molecule has 0 radical (unpaired) electrons. The summed E-state index contributed by atoms with van der Waals surface area (Å²) in [5.74, 6) is 0. The van der Waals surface area contributed by atoms with E-state index >= 15 is 0 Å². The third-order valence-electron chi connectivity index (χ3n) is 2.76. The highest BCUT2D eigenvalue weighted by Crippen LogP contribution is 2.40. The first kappa shape index (κ1) is 9.54. The van der Waals surface area contributed by atoms with Gasteiger partial charge in [0.25, 0.3) is 0 Å². The van der Waals surface area contributed by atoms with Crippen LogP contribution in [-0.4, -0.2) is 13.6 Å². The summed E-state index contributed by atoms with van der Waals surface area (Å²) in [5, 5.41) is 9.19. The Kier molecular flexibility index (Phi) is 2.04. The van der Waals surface area contributed by atoms with E-state index < -0.39 is 0 Å². The van der Waals surface area contributed by atoms with Crippen molar-refractivity contribution in [3.8, 4) is 6.07 Å². The second-order valence-corrected chi connectivity index (χ2v) is 4.88. The molecule has 1 aromatic rings. The molecule has 0 aromatic heterocycles. The lowest BCUT2D eigenvalue weighted by atomic mass is 9.86. The topological polar surface area (TPSA) is 27.0 Å². The van der Waals surface area contributed by atoms with Crippen LogP contribution in [-0.2, 0) is 5.41 Å². The quantitative estimate of drug-likeness (QED) is 0.708. The van der Waals surface area contributed by atoms with Gasteiger partial charge in [-0.05, 0) is 30.7 Å². The van der Waals surface area contributed by atoms with E-state index in [1.54, 1.807) is 0 Å². The van der Waals surface area contributed by atoms with Gasteiger partial charge in [0.2, 0.25) is 0 Å². The first-order valence-corrected chi connectivity index (χ1v) is 5.28. The van der Waals surface area contributed by atoms with Crippen molar-refractivity contribution in [1.82, 2.24) is 0 Å². The third kappa shape index (κ3) is 1.22. The molecule has 0 bridgehead atoms. The lowest BCUT2D eigenvalue weighted by Crippen LogP contribution is -2.26. The molecule has 3 heteroatoms. The predicted octanol–water partition coefficient (Wildman–Crippen LogP) is 2.68. The van der Waals surface area contributed by atoms with Crippen LogP contribution >= 0.6 is 15.9 Å². The number of hydrogen-bond donors (Lipinski definition) is 0.